The molecule has 2 heteroatoms. The van der Waals surface area contributed by atoms with Gasteiger partial charge in [-0.15, -0.1) is 0 Å². The lowest BCUT2D eigenvalue weighted by Crippen LogP contribution is -2.35. The molecular weight excluding hydrogens is 124 g/mol. The SMILES string of the molecule is CCC1(N=C(C)N)CCC1. The summed E-state index contributed by atoms with van der Waals surface area (Å²) < 4.78 is 0. The van der Waals surface area contributed by atoms with E-state index in [4.69, 9.17) is 5.73 Å². The third-order valence-corrected chi connectivity index (χ3v) is 2.36. The van der Waals surface area contributed by atoms with E-state index in [-0.39, 0.29) is 5.54 Å². The molecule has 0 radical (unpaired) electrons. The van der Waals surface area contributed by atoms with E-state index in [2.05, 4.69) is 11.9 Å². The minimum Gasteiger partial charge on any atom is -0.388 e. The molecule has 0 aliphatic heterocycles. The molecule has 58 valence electrons. The van der Waals surface area contributed by atoms with Crippen LogP contribution in [0.3, 0.4) is 0 Å². The first-order valence-electron chi connectivity index (χ1n) is 4.00. The van der Waals surface area contributed by atoms with Gasteiger partial charge in [0.1, 0.15) is 0 Å². The van der Waals surface area contributed by atoms with Crippen molar-refractivity contribution in [3.8, 4) is 0 Å². The van der Waals surface area contributed by atoms with Crippen LogP contribution in [-0.2, 0) is 0 Å². The first-order chi connectivity index (χ1) is 4.68. The van der Waals surface area contributed by atoms with Gasteiger partial charge < -0.3 is 5.73 Å². The molecule has 0 aromatic rings. The average Bonchev–Trinajstić information content (AvgIpc) is 1.78. The summed E-state index contributed by atoms with van der Waals surface area (Å²) in [6, 6.07) is 0. The van der Waals surface area contributed by atoms with Crippen molar-refractivity contribution in [3.63, 3.8) is 0 Å². The lowest BCUT2D eigenvalue weighted by molar-refractivity contribution is 0.243. The van der Waals surface area contributed by atoms with E-state index in [1.165, 1.54) is 19.3 Å². The van der Waals surface area contributed by atoms with Gasteiger partial charge in [0.25, 0.3) is 0 Å². The van der Waals surface area contributed by atoms with E-state index in [0.29, 0.717) is 0 Å². The highest BCUT2D eigenvalue weighted by Crippen LogP contribution is 2.38. The molecule has 1 aliphatic carbocycles. The zero-order chi connectivity index (χ0) is 7.61. The maximum atomic E-state index is 5.51. The molecule has 0 amide bonds. The molecule has 0 saturated heterocycles. The molecule has 0 aromatic heterocycles. The Bertz CT molecular complexity index is 136. The van der Waals surface area contributed by atoms with E-state index in [0.717, 1.165) is 12.3 Å². The van der Waals surface area contributed by atoms with Crippen molar-refractivity contribution < 1.29 is 0 Å². The van der Waals surface area contributed by atoms with Crippen molar-refractivity contribution in [1.29, 1.82) is 0 Å². The lowest BCUT2D eigenvalue weighted by atomic mass is 9.75. The molecule has 1 saturated carbocycles. The van der Waals surface area contributed by atoms with Crippen molar-refractivity contribution in [2.75, 3.05) is 0 Å². The second kappa shape index (κ2) is 2.60. The van der Waals surface area contributed by atoms with Crippen LogP contribution in [-0.4, -0.2) is 11.4 Å². The Hall–Kier alpha value is -0.530. The summed E-state index contributed by atoms with van der Waals surface area (Å²) in [5.41, 5.74) is 5.76. The lowest BCUT2D eigenvalue weighted by Gasteiger charge is -2.37. The van der Waals surface area contributed by atoms with E-state index in [9.17, 15) is 0 Å². The molecule has 0 spiro atoms. The Balaban J connectivity index is 2.57. The molecule has 2 N–H and O–H groups in total. The Kier molecular flexibility index (Phi) is 1.97. The van der Waals surface area contributed by atoms with Crippen molar-refractivity contribution in [2.45, 2.75) is 45.1 Å². The van der Waals surface area contributed by atoms with Gasteiger partial charge in [0.15, 0.2) is 0 Å². The zero-order valence-electron chi connectivity index (χ0n) is 6.85. The molecule has 0 bridgehead atoms. The minimum absolute atomic E-state index is 0.249. The van der Waals surface area contributed by atoms with E-state index in [1.54, 1.807) is 0 Å². The number of nitrogens with zero attached hydrogens (tertiary/aromatic N) is 1. The monoisotopic (exact) mass is 140 g/mol. The highest BCUT2D eigenvalue weighted by molar-refractivity contribution is 5.78. The van der Waals surface area contributed by atoms with Gasteiger partial charge >= 0.3 is 0 Å². The van der Waals surface area contributed by atoms with Crippen LogP contribution >= 0.6 is 0 Å². The molecule has 0 aromatic carbocycles. The zero-order valence-corrected chi connectivity index (χ0v) is 6.85. The maximum Gasteiger partial charge on any atom is 0.0912 e. The van der Waals surface area contributed by atoms with Crippen LogP contribution in [0.2, 0.25) is 0 Å². The molecular formula is C8H16N2. The smallest absolute Gasteiger partial charge is 0.0912 e. The van der Waals surface area contributed by atoms with Gasteiger partial charge in [-0.2, -0.15) is 0 Å². The first-order valence-corrected chi connectivity index (χ1v) is 4.00. The van der Waals surface area contributed by atoms with Gasteiger partial charge in [0.2, 0.25) is 0 Å². The molecule has 0 atom stereocenters. The predicted molar refractivity (Wildman–Crippen MR) is 44.2 cm³/mol. The molecule has 10 heavy (non-hydrogen) atoms. The summed E-state index contributed by atoms with van der Waals surface area (Å²) in [6.45, 7) is 4.06. The first kappa shape index (κ1) is 7.58. The normalized spacial score (nSPS) is 24.0. The number of nitrogens with two attached hydrogens (primary N) is 1. The fourth-order valence-corrected chi connectivity index (χ4v) is 1.50. The second-order valence-electron chi connectivity index (χ2n) is 3.18. The highest BCUT2D eigenvalue weighted by Gasteiger charge is 2.34. The quantitative estimate of drug-likeness (QED) is 0.460. The highest BCUT2D eigenvalue weighted by atomic mass is 14.9. The van der Waals surface area contributed by atoms with Crippen LogP contribution in [0.5, 0.6) is 0 Å². The van der Waals surface area contributed by atoms with Crippen LogP contribution in [0.25, 0.3) is 0 Å². The Labute approximate surface area is 62.5 Å². The van der Waals surface area contributed by atoms with Gasteiger partial charge in [0.05, 0.1) is 11.4 Å². The van der Waals surface area contributed by atoms with E-state index < -0.39 is 0 Å². The number of aliphatic imine (C=N–C) groups is 1. The van der Waals surface area contributed by atoms with Gasteiger partial charge in [-0.05, 0) is 32.6 Å². The third-order valence-electron chi connectivity index (χ3n) is 2.36. The summed E-state index contributed by atoms with van der Waals surface area (Å²) in [7, 11) is 0. The predicted octanol–water partition coefficient (Wildman–Crippen LogP) is 1.70. The standard InChI is InChI=1S/C8H16N2/c1-3-8(5-4-6-8)10-7(2)9/h3-6H2,1-2H3,(H2,9,10). The van der Waals surface area contributed by atoms with Crippen LogP contribution in [0.1, 0.15) is 39.5 Å². The van der Waals surface area contributed by atoms with Crippen molar-refractivity contribution >= 4 is 5.84 Å². The summed E-state index contributed by atoms with van der Waals surface area (Å²) in [4.78, 5) is 4.43. The number of rotatable bonds is 2. The number of hydrogen-bond donors (Lipinski definition) is 1. The second-order valence-corrected chi connectivity index (χ2v) is 3.18. The van der Waals surface area contributed by atoms with Gasteiger partial charge in [-0.3, -0.25) is 4.99 Å². The van der Waals surface area contributed by atoms with Crippen LogP contribution in [0.15, 0.2) is 4.99 Å². The molecule has 0 heterocycles. The summed E-state index contributed by atoms with van der Waals surface area (Å²) in [6.07, 6.45) is 4.93. The van der Waals surface area contributed by atoms with Crippen LogP contribution in [0, 0.1) is 0 Å². The van der Waals surface area contributed by atoms with Crippen molar-refractivity contribution in [3.05, 3.63) is 0 Å². The van der Waals surface area contributed by atoms with Crippen molar-refractivity contribution in [1.82, 2.24) is 0 Å². The van der Waals surface area contributed by atoms with Gasteiger partial charge in [-0.25, -0.2) is 0 Å². The van der Waals surface area contributed by atoms with Crippen LogP contribution in [0.4, 0.5) is 0 Å². The molecule has 2 nitrogen and oxygen atoms in total. The fourth-order valence-electron chi connectivity index (χ4n) is 1.50. The van der Waals surface area contributed by atoms with Gasteiger partial charge in [-0.1, -0.05) is 6.92 Å². The Morgan fingerprint density at radius 2 is 2.20 bits per heavy atom. The summed E-state index contributed by atoms with van der Waals surface area (Å²) >= 11 is 0. The maximum absolute atomic E-state index is 5.51. The summed E-state index contributed by atoms with van der Waals surface area (Å²) in [5, 5.41) is 0. The number of amidine groups is 1. The number of hydrogen-bond acceptors (Lipinski definition) is 1. The van der Waals surface area contributed by atoms with Crippen molar-refractivity contribution in [2.24, 2.45) is 10.7 Å². The summed E-state index contributed by atoms with van der Waals surface area (Å²) in [5.74, 6) is 0.738. The Morgan fingerprint density at radius 3 is 2.30 bits per heavy atom. The average molecular weight is 140 g/mol. The molecule has 0 unspecified atom stereocenters. The fraction of sp³-hybridized carbons (Fsp3) is 0.875. The van der Waals surface area contributed by atoms with Gasteiger partial charge in [0, 0.05) is 0 Å². The minimum atomic E-state index is 0.249. The largest absolute Gasteiger partial charge is 0.388 e. The molecule has 1 fully saturated rings. The third kappa shape index (κ3) is 1.31. The molecule has 1 rings (SSSR count). The van der Waals surface area contributed by atoms with Crippen LogP contribution < -0.4 is 5.73 Å². The van der Waals surface area contributed by atoms with E-state index >= 15 is 0 Å². The topological polar surface area (TPSA) is 38.4 Å². The molecule has 1 aliphatic rings. The van der Waals surface area contributed by atoms with E-state index in [1.807, 2.05) is 6.92 Å². The Morgan fingerprint density at radius 1 is 1.60 bits per heavy atom.